The fourth-order valence-corrected chi connectivity index (χ4v) is 3.19. The standard InChI is InChI=1S/C19H15F4N3O2/c20-14-3-1-12(2-4-14)13-7-16-15(24-8-13)5-6-25(16)9-17(27)26-10-18(28,11-26)19(21,22)23/h1-8,28H,9-11H2. The molecule has 1 fully saturated rings. The number of hydrogen-bond donors (Lipinski definition) is 1. The maximum Gasteiger partial charge on any atom is 0.420 e. The molecule has 1 amide bonds. The highest BCUT2D eigenvalue weighted by Crippen LogP contribution is 2.37. The van der Waals surface area contributed by atoms with Crippen molar-refractivity contribution in [3.63, 3.8) is 0 Å². The van der Waals surface area contributed by atoms with Crippen LogP contribution in [0.15, 0.2) is 48.8 Å². The number of rotatable bonds is 3. The molecule has 4 rings (SSSR count). The fourth-order valence-electron chi connectivity index (χ4n) is 3.19. The molecule has 0 radical (unpaired) electrons. The van der Waals surface area contributed by atoms with Gasteiger partial charge in [0.1, 0.15) is 12.4 Å². The second-order valence-electron chi connectivity index (χ2n) is 6.86. The van der Waals surface area contributed by atoms with E-state index in [1.165, 1.54) is 12.1 Å². The molecular weight excluding hydrogens is 378 g/mol. The number of aliphatic hydroxyl groups is 1. The van der Waals surface area contributed by atoms with Crippen molar-refractivity contribution >= 4 is 16.9 Å². The lowest BCUT2D eigenvalue weighted by Crippen LogP contribution is -2.70. The molecule has 0 atom stereocenters. The van der Waals surface area contributed by atoms with E-state index in [4.69, 9.17) is 0 Å². The fraction of sp³-hybridized carbons (Fsp3) is 0.263. The number of hydrogen-bond acceptors (Lipinski definition) is 3. The number of carbonyl (C=O) groups is 1. The van der Waals surface area contributed by atoms with Gasteiger partial charge in [0.2, 0.25) is 5.91 Å². The van der Waals surface area contributed by atoms with E-state index >= 15 is 0 Å². The number of nitrogens with zero attached hydrogens (tertiary/aromatic N) is 3. The first-order valence-electron chi connectivity index (χ1n) is 8.44. The average molecular weight is 393 g/mol. The molecule has 1 aliphatic heterocycles. The Morgan fingerprint density at radius 3 is 2.46 bits per heavy atom. The summed E-state index contributed by atoms with van der Waals surface area (Å²) in [5, 5.41) is 9.48. The van der Waals surface area contributed by atoms with Crippen molar-refractivity contribution in [1.29, 1.82) is 0 Å². The predicted octanol–water partition coefficient (Wildman–Crippen LogP) is 2.98. The Hall–Kier alpha value is -2.94. The molecule has 0 saturated carbocycles. The summed E-state index contributed by atoms with van der Waals surface area (Å²) in [6.07, 6.45) is -1.52. The molecule has 3 aromatic rings. The molecule has 3 heterocycles. The number of benzene rings is 1. The van der Waals surface area contributed by atoms with Crippen molar-refractivity contribution in [1.82, 2.24) is 14.5 Å². The maximum absolute atomic E-state index is 13.1. The van der Waals surface area contributed by atoms with Gasteiger partial charge in [-0.05, 0) is 29.8 Å². The lowest BCUT2D eigenvalue weighted by atomic mass is 9.93. The van der Waals surface area contributed by atoms with E-state index in [1.807, 2.05) is 0 Å². The summed E-state index contributed by atoms with van der Waals surface area (Å²) in [6.45, 7) is -1.72. The van der Waals surface area contributed by atoms with Crippen molar-refractivity contribution < 1.29 is 27.5 Å². The van der Waals surface area contributed by atoms with E-state index in [1.54, 1.807) is 41.2 Å². The van der Waals surface area contributed by atoms with Gasteiger partial charge in [-0.25, -0.2) is 4.39 Å². The van der Waals surface area contributed by atoms with E-state index in [2.05, 4.69) is 4.98 Å². The third kappa shape index (κ3) is 3.11. The normalized spacial score (nSPS) is 16.2. The van der Waals surface area contributed by atoms with Crippen LogP contribution in [0.1, 0.15) is 0 Å². The van der Waals surface area contributed by atoms with Gasteiger partial charge in [-0.15, -0.1) is 0 Å². The number of β-amino-alcohol motifs (C(OH)–C–C–N with tert-alkyl or cyclic N) is 1. The smallest absolute Gasteiger partial charge is 0.378 e. The molecule has 0 unspecified atom stereocenters. The van der Waals surface area contributed by atoms with Crippen LogP contribution in [0.5, 0.6) is 0 Å². The first kappa shape index (κ1) is 18.4. The van der Waals surface area contributed by atoms with Crippen LogP contribution < -0.4 is 0 Å². The molecule has 0 bridgehead atoms. The summed E-state index contributed by atoms with van der Waals surface area (Å²) < 4.78 is 52.8. The molecule has 5 nitrogen and oxygen atoms in total. The summed E-state index contributed by atoms with van der Waals surface area (Å²) in [7, 11) is 0. The second kappa shape index (κ2) is 6.30. The zero-order valence-electron chi connectivity index (χ0n) is 14.4. The molecule has 146 valence electrons. The minimum Gasteiger partial charge on any atom is -0.378 e. The van der Waals surface area contributed by atoms with Crippen LogP contribution in [0.25, 0.3) is 22.2 Å². The van der Waals surface area contributed by atoms with E-state index in [0.29, 0.717) is 11.0 Å². The van der Waals surface area contributed by atoms with Gasteiger partial charge in [0.05, 0.1) is 24.1 Å². The van der Waals surface area contributed by atoms with Crippen LogP contribution in [-0.2, 0) is 11.3 Å². The number of halogens is 4. The van der Waals surface area contributed by atoms with Gasteiger partial charge in [0.25, 0.3) is 0 Å². The highest BCUT2D eigenvalue weighted by atomic mass is 19.4. The average Bonchev–Trinajstić information content (AvgIpc) is 3.00. The molecule has 1 aliphatic rings. The summed E-state index contributed by atoms with van der Waals surface area (Å²) >= 11 is 0. The largest absolute Gasteiger partial charge is 0.420 e. The van der Waals surface area contributed by atoms with Crippen LogP contribution in [0.4, 0.5) is 17.6 Å². The number of amides is 1. The van der Waals surface area contributed by atoms with Crippen molar-refractivity contribution in [2.75, 3.05) is 13.1 Å². The SMILES string of the molecule is O=C(Cn1ccc2ncc(-c3ccc(F)cc3)cc21)N1CC(O)(C(F)(F)F)C1. The van der Waals surface area contributed by atoms with E-state index in [0.717, 1.165) is 16.0 Å². The van der Waals surface area contributed by atoms with Crippen LogP contribution in [0.3, 0.4) is 0 Å². The van der Waals surface area contributed by atoms with E-state index < -0.39 is 30.8 Å². The Kier molecular flexibility index (Phi) is 4.15. The number of pyridine rings is 1. The summed E-state index contributed by atoms with van der Waals surface area (Å²) in [5.41, 5.74) is -0.127. The molecule has 1 aromatic carbocycles. The minimum absolute atomic E-state index is 0.175. The maximum atomic E-state index is 13.1. The lowest BCUT2D eigenvalue weighted by Gasteiger charge is -2.46. The topological polar surface area (TPSA) is 58.4 Å². The van der Waals surface area contributed by atoms with Gasteiger partial charge in [-0.3, -0.25) is 9.78 Å². The molecule has 9 heteroatoms. The second-order valence-corrected chi connectivity index (χ2v) is 6.86. The summed E-state index contributed by atoms with van der Waals surface area (Å²) in [6, 6.07) is 9.34. The predicted molar refractivity (Wildman–Crippen MR) is 92.7 cm³/mol. The van der Waals surface area contributed by atoms with Gasteiger partial charge in [-0.1, -0.05) is 12.1 Å². The molecule has 2 aromatic heterocycles. The van der Waals surface area contributed by atoms with Gasteiger partial charge in [-0.2, -0.15) is 13.2 Å². The Bertz CT molecular complexity index is 1040. The Labute approximate surface area is 156 Å². The van der Waals surface area contributed by atoms with Crippen molar-refractivity contribution in [3.8, 4) is 11.1 Å². The highest BCUT2D eigenvalue weighted by Gasteiger charge is 2.61. The molecule has 1 saturated heterocycles. The third-order valence-corrected chi connectivity index (χ3v) is 4.89. The minimum atomic E-state index is -4.77. The summed E-state index contributed by atoms with van der Waals surface area (Å²) in [5.74, 6) is -0.890. The molecule has 0 aliphatic carbocycles. The first-order valence-corrected chi connectivity index (χ1v) is 8.44. The Morgan fingerprint density at radius 2 is 1.82 bits per heavy atom. The number of alkyl halides is 3. The molecule has 28 heavy (non-hydrogen) atoms. The Balaban J connectivity index is 1.54. The van der Waals surface area contributed by atoms with Gasteiger partial charge >= 0.3 is 6.18 Å². The van der Waals surface area contributed by atoms with Crippen LogP contribution >= 0.6 is 0 Å². The van der Waals surface area contributed by atoms with Crippen molar-refractivity contribution in [2.24, 2.45) is 0 Å². The van der Waals surface area contributed by atoms with Crippen LogP contribution in [0.2, 0.25) is 0 Å². The zero-order valence-corrected chi connectivity index (χ0v) is 14.4. The van der Waals surface area contributed by atoms with Crippen molar-refractivity contribution in [2.45, 2.75) is 18.3 Å². The van der Waals surface area contributed by atoms with Gasteiger partial charge in [0.15, 0.2) is 5.60 Å². The highest BCUT2D eigenvalue weighted by molar-refractivity contribution is 5.84. The van der Waals surface area contributed by atoms with Gasteiger partial charge < -0.3 is 14.6 Å². The molecule has 1 N–H and O–H groups in total. The van der Waals surface area contributed by atoms with Crippen molar-refractivity contribution in [3.05, 3.63) is 54.6 Å². The number of fused-ring (bicyclic) bond motifs is 1. The molecule has 0 spiro atoms. The number of aromatic nitrogens is 2. The first-order chi connectivity index (χ1) is 13.2. The third-order valence-electron chi connectivity index (χ3n) is 4.89. The lowest BCUT2D eigenvalue weighted by molar-refractivity contribution is -0.297. The van der Waals surface area contributed by atoms with E-state index in [-0.39, 0.29) is 12.4 Å². The quantitative estimate of drug-likeness (QED) is 0.696. The summed E-state index contributed by atoms with van der Waals surface area (Å²) in [4.78, 5) is 17.6. The van der Waals surface area contributed by atoms with Crippen LogP contribution in [0, 0.1) is 5.82 Å². The number of carbonyl (C=O) groups excluding carboxylic acids is 1. The zero-order chi connectivity index (χ0) is 20.1. The monoisotopic (exact) mass is 393 g/mol. The van der Waals surface area contributed by atoms with Gasteiger partial charge in [0, 0.05) is 18.0 Å². The molecular formula is C19H15F4N3O2. The Morgan fingerprint density at radius 1 is 1.14 bits per heavy atom. The van der Waals surface area contributed by atoms with E-state index in [9.17, 15) is 27.5 Å². The number of likely N-dealkylation sites (tertiary alicyclic amines) is 1. The van der Waals surface area contributed by atoms with Crippen LogP contribution in [-0.4, -0.2) is 50.3 Å².